The van der Waals surface area contributed by atoms with Gasteiger partial charge < -0.3 is 15.0 Å². The second-order valence-corrected chi connectivity index (χ2v) is 9.76. The van der Waals surface area contributed by atoms with Gasteiger partial charge in [0.1, 0.15) is 11.9 Å². The van der Waals surface area contributed by atoms with Crippen molar-refractivity contribution in [3.05, 3.63) is 63.4 Å². The monoisotopic (exact) mass is 487 g/mol. The van der Waals surface area contributed by atoms with Crippen LogP contribution in [0.4, 0.5) is 10.1 Å². The summed E-state index contributed by atoms with van der Waals surface area (Å²) in [7, 11) is 0. The van der Waals surface area contributed by atoms with Gasteiger partial charge in [-0.3, -0.25) is 14.5 Å². The number of anilines is 1. The van der Waals surface area contributed by atoms with Crippen LogP contribution in [0.25, 0.3) is 0 Å². The smallest absolute Gasteiger partial charge is 0.255 e. The molecule has 0 spiro atoms. The van der Waals surface area contributed by atoms with Crippen molar-refractivity contribution < 1.29 is 18.7 Å². The highest BCUT2D eigenvalue weighted by Crippen LogP contribution is 2.28. The molecule has 6 nitrogen and oxygen atoms in total. The van der Waals surface area contributed by atoms with Crippen LogP contribution in [0, 0.1) is 19.7 Å². The number of amides is 2. The van der Waals surface area contributed by atoms with E-state index in [1.54, 1.807) is 19.1 Å². The zero-order valence-corrected chi connectivity index (χ0v) is 20.6. The van der Waals surface area contributed by atoms with Gasteiger partial charge in [-0.1, -0.05) is 11.6 Å². The van der Waals surface area contributed by atoms with Gasteiger partial charge in [-0.2, -0.15) is 0 Å². The van der Waals surface area contributed by atoms with E-state index >= 15 is 0 Å². The van der Waals surface area contributed by atoms with Gasteiger partial charge in [-0.25, -0.2) is 4.39 Å². The fourth-order valence-electron chi connectivity index (χ4n) is 4.79. The summed E-state index contributed by atoms with van der Waals surface area (Å²) < 4.78 is 19.3. The molecule has 2 aromatic rings. The Kier molecular flexibility index (Phi) is 7.55. The van der Waals surface area contributed by atoms with Crippen LogP contribution in [0.2, 0.25) is 5.02 Å². The number of hydrogen-bond donors (Lipinski definition) is 1. The first-order valence-corrected chi connectivity index (χ1v) is 12.1. The van der Waals surface area contributed by atoms with Crippen LogP contribution in [0.1, 0.15) is 46.8 Å². The van der Waals surface area contributed by atoms with Crippen LogP contribution in [0.3, 0.4) is 0 Å². The largest absolute Gasteiger partial charge is 0.368 e. The molecule has 0 radical (unpaired) electrons. The van der Waals surface area contributed by atoms with E-state index in [0.29, 0.717) is 36.0 Å². The lowest BCUT2D eigenvalue weighted by molar-refractivity contribution is -0.145. The lowest BCUT2D eigenvalue weighted by Gasteiger charge is -2.41. The van der Waals surface area contributed by atoms with E-state index in [4.69, 9.17) is 16.3 Å². The molecule has 8 heteroatoms. The Bertz CT molecular complexity index is 1070. The minimum absolute atomic E-state index is 0.0836. The molecule has 0 aliphatic carbocycles. The van der Waals surface area contributed by atoms with Crippen molar-refractivity contribution in [1.29, 1.82) is 0 Å². The average molecular weight is 488 g/mol. The number of hydrogen-bond acceptors (Lipinski definition) is 4. The van der Waals surface area contributed by atoms with Crippen LogP contribution < -0.4 is 5.32 Å². The molecule has 2 saturated heterocycles. The Morgan fingerprint density at radius 1 is 1.18 bits per heavy atom. The van der Waals surface area contributed by atoms with Gasteiger partial charge in [0.25, 0.3) is 11.8 Å². The van der Waals surface area contributed by atoms with Gasteiger partial charge in [-0.15, -0.1) is 0 Å². The Balaban J connectivity index is 1.44. The predicted molar refractivity (Wildman–Crippen MR) is 131 cm³/mol. The van der Waals surface area contributed by atoms with Crippen molar-refractivity contribution in [2.75, 3.05) is 31.6 Å². The average Bonchev–Trinajstić information content (AvgIpc) is 3.31. The topological polar surface area (TPSA) is 61.9 Å². The third-order valence-electron chi connectivity index (χ3n) is 6.63. The number of halogens is 2. The molecule has 34 heavy (non-hydrogen) atoms. The van der Waals surface area contributed by atoms with Crippen molar-refractivity contribution in [2.24, 2.45) is 0 Å². The van der Waals surface area contributed by atoms with Gasteiger partial charge in [0.2, 0.25) is 0 Å². The standard InChI is InChI=1S/C26H31ClFN3O3/c1-16-9-19(12-22(28)10-16)25(32)29-23-13-21(27)11-20(18(23)3)15-30-6-7-31(17(2)14-30)26(33)24-5-4-8-34-24/h9-13,17,24H,4-8,14-15H2,1-3H3,(H,29,32)/t17-,24+/m0/s1. The van der Waals surface area contributed by atoms with E-state index < -0.39 is 5.82 Å². The number of carbonyl (C=O) groups is 2. The van der Waals surface area contributed by atoms with Crippen molar-refractivity contribution in [1.82, 2.24) is 9.80 Å². The summed E-state index contributed by atoms with van der Waals surface area (Å²) >= 11 is 6.39. The predicted octanol–water partition coefficient (Wildman–Crippen LogP) is 4.56. The van der Waals surface area contributed by atoms with Crippen LogP contribution in [0.15, 0.2) is 30.3 Å². The Hall–Kier alpha value is -2.48. The molecule has 0 bridgehead atoms. The number of benzene rings is 2. The molecule has 2 aromatic carbocycles. The lowest BCUT2D eigenvalue weighted by atomic mass is 10.0. The molecule has 1 N–H and O–H groups in total. The molecule has 0 saturated carbocycles. The molecule has 2 fully saturated rings. The summed E-state index contributed by atoms with van der Waals surface area (Å²) in [5.41, 5.74) is 3.47. The molecule has 0 aromatic heterocycles. The zero-order valence-electron chi connectivity index (χ0n) is 19.9. The maximum absolute atomic E-state index is 13.8. The first-order valence-electron chi connectivity index (χ1n) is 11.7. The van der Waals surface area contributed by atoms with E-state index in [0.717, 1.165) is 37.1 Å². The fourth-order valence-corrected chi connectivity index (χ4v) is 5.03. The van der Waals surface area contributed by atoms with Crippen LogP contribution in [-0.2, 0) is 16.1 Å². The quantitative estimate of drug-likeness (QED) is 0.671. The van der Waals surface area contributed by atoms with Crippen LogP contribution in [-0.4, -0.2) is 60.0 Å². The fraction of sp³-hybridized carbons (Fsp3) is 0.462. The van der Waals surface area contributed by atoms with E-state index in [-0.39, 0.29) is 29.5 Å². The molecule has 2 atom stereocenters. The lowest BCUT2D eigenvalue weighted by Crippen LogP contribution is -2.55. The van der Waals surface area contributed by atoms with E-state index in [1.165, 1.54) is 12.1 Å². The Morgan fingerprint density at radius 2 is 1.97 bits per heavy atom. The SMILES string of the molecule is Cc1cc(F)cc(C(=O)Nc2cc(Cl)cc(CN3CCN(C(=O)[C@H]4CCCO4)[C@@H](C)C3)c2C)c1. The highest BCUT2D eigenvalue weighted by atomic mass is 35.5. The number of rotatable bonds is 5. The highest BCUT2D eigenvalue weighted by Gasteiger charge is 2.34. The van der Waals surface area contributed by atoms with Crippen molar-refractivity contribution in [2.45, 2.75) is 52.3 Å². The van der Waals surface area contributed by atoms with Crippen molar-refractivity contribution in [3.8, 4) is 0 Å². The molecular formula is C26H31ClFN3O3. The molecule has 182 valence electrons. The summed E-state index contributed by atoms with van der Waals surface area (Å²) in [5, 5.41) is 3.41. The number of nitrogens with one attached hydrogen (secondary N) is 1. The van der Waals surface area contributed by atoms with Gasteiger partial charge in [-0.05, 0) is 80.6 Å². The highest BCUT2D eigenvalue weighted by molar-refractivity contribution is 6.31. The first kappa shape index (κ1) is 24.6. The number of piperazine rings is 1. The molecular weight excluding hydrogens is 457 g/mol. The minimum Gasteiger partial charge on any atom is -0.368 e. The zero-order chi connectivity index (χ0) is 24.4. The normalized spacial score (nSPS) is 21.0. The number of aryl methyl sites for hydroxylation is 1. The van der Waals surface area contributed by atoms with Gasteiger partial charge in [0.05, 0.1) is 0 Å². The molecule has 2 heterocycles. The number of carbonyl (C=O) groups excluding carboxylic acids is 2. The number of ether oxygens (including phenoxy) is 1. The third-order valence-corrected chi connectivity index (χ3v) is 6.84. The summed E-state index contributed by atoms with van der Waals surface area (Å²) in [6.07, 6.45) is 1.45. The molecule has 0 unspecified atom stereocenters. The number of nitrogens with zero attached hydrogens (tertiary/aromatic N) is 2. The maximum atomic E-state index is 13.8. The maximum Gasteiger partial charge on any atom is 0.255 e. The van der Waals surface area contributed by atoms with Gasteiger partial charge >= 0.3 is 0 Å². The summed E-state index contributed by atoms with van der Waals surface area (Å²) in [6.45, 7) is 9.22. The molecule has 2 aliphatic heterocycles. The molecule has 2 aliphatic rings. The molecule has 2 amide bonds. The Morgan fingerprint density at radius 3 is 2.65 bits per heavy atom. The van der Waals surface area contributed by atoms with E-state index in [2.05, 4.69) is 17.1 Å². The first-order chi connectivity index (χ1) is 16.2. The summed E-state index contributed by atoms with van der Waals surface area (Å²) in [5.74, 6) is -0.727. The third kappa shape index (κ3) is 5.59. The van der Waals surface area contributed by atoms with Crippen molar-refractivity contribution in [3.63, 3.8) is 0 Å². The van der Waals surface area contributed by atoms with Crippen LogP contribution in [0.5, 0.6) is 0 Å². The van der Waals surface area contributed by atoms with E-state index in [1.807, 2.05) is 17.9 Å². The van der Waals surface area contributed by atoms with Gasteiger partial charge in [0.15, 0.2) is 0 Å². The van der Waals surface area contributed by atoms with Crippen molar-refractivity contribution >= 4 is 29.1 Å². The second kappa shape index (κ2) is 10.4. The van der Waals surface area contributed by atoms with E-state index in [9.17, 15) is 14.0 Å². The Labute approximate surface area is 205 Å². The van der Waals surface area contributed by atoms with Gasteiger partial charge in [0, 0.05) is 55.1 Å². The summed E-state index contributed by atoms with van der Waals surface area (Å²) in [4.78, 5) is 29.8. The minimum atomic E-state index is -0.445. The summed E-state index contributed by atoms with van der Waals surface area (Å²) in [6, 6.07) is 7.97. The molecule has 4 rings (SSSR count). The van der Waals surface area contributed by atoms with Crippen LogP contribution >= 0.6 is 11.6 Å². The second-order valence-electron chi connectivity index (χ2n) is 9.33.